The van der Waals surface area contributed by atoms with E-state index in [1.54, 1.807) is 0 Å². The third-order valence-electron chi connectivity index (χ3n) is 1.19. The highest BCUT2D eigenvalue weighted by Crippen LogP contribution is 2.46. The van der Waals surface area contributed by atoms with Crippen LogP contribution in [0.2, 0.25) is 0 Å². The number of ether oxygens (including phenoxy) is 1. The van der Waals surface area contributed by atoms with E-state index in [1.165, 1.54) is 0 Å². The van der Waals surface area contributed by atoms with Gasteiger partial charge in [-0.05, 0) is 0 Å². The molecule has 0 heterocycles. The van der Waals surface area contributed by atoms with Gasteiger partial charge in [0.25, 0.3) is 0 Å². The maximum Gasteiger partial charge on any atom is 0.460 e. The van der Waals surface area contributed by atoms with Crippen LogP contribution in [0.1, 0.15) is 0 Å². The minimum absolute atomic E-state index is 0. The maximum atomic E-state index is 12.1. The van der Waals surface area contributed by atoms with Gasteiger partial charge in [0.05, 0.1) is 7.11 Å². The summed E-state index contributed by atoms with van der Waals surface area (Å²) in [4.78, 5) is 9.97. The van der Waals surface area contributed by atoms with Gasteiger partial charge in [-0.3, -0.25) is 0 Å². The third-order valence-corrected chi connectivity index (χ3v) is 1.19. The van der Waals surface area contributed by atoms with Crippen molar-refractivity contribution in [3.05, 3.63) is 0 Å². The molecule has 0 atom stereocenters. The summed E-state index contributed by atoms with van der Waals surface area (Å²) in [6, 6.07) is 0. The summed E-state index contributed by atoms with van der Waals surface area (Å²) < 4.78 is 85.5. The lowest BCUT2D eigenvalue weighted by Crippen LogP contribution is -2.56. The highest BCUT2D eigenvalue weighted by atomic mass is 19.4. The molecule has 0 aliphatic carbocycles. The van der Waals surface area contributed by atoms with E-state index >= 15 is 0 Å². The zero-order valence-electron chi connectivity index (χ0n) is 6.96. The number of halogens is 7. The van der Waals surface area contributed by atoms with Gasteiger partial charge in [-0.1, -0.05) is 0 Å². The second-order valence-corrected chi connectivity index (χ2v) is 2.14. The molecule has 0 saturated carbocycles. The Bertz CT molecular complexity index is 233. The number of methoxy groups -OCH3 is 1. The summed E-state index contributed by atoms with van der Waals surface area (Å²) in [7, 11) is 0.267. The summed E-state index contributed by atoms with van der Waals surface area (Å²) in [6.07, 6.45) is -6.52. The molecule has 0 aromatic heterocycles. The van der Waals surface area contributed by atoms with Crippen molar-refractivity contribution in [2.24, 2.45) is 0 Å². The van der Waals surface area contributed by atoms with Gasteiger partial charge in [0.2, 0.25) is 0 Å². The van der Waals surface area contributed by atoms with Crippen LogP contribution >= 0.6 is 0 Å². The van der Waals surface area contributed by atoms with Crippen molar-refractivity contribution in [2.45, 2.75) is 18.0 Å². The van der Waals surface area contributed by atoms with E-state index in [-0.39, 0.29) is 12.6 Å². The summed E-state index contributed by atoms with van der Waals surface area (Å²) in [5.74, 6) is -15.3. The number of carbonyl (C=O) groups is 1. The Labute approximate surface area is 78.1 Å². The van der Waals surface area contributed by atoms with Crippen LogP contribution < -0.4 is 0 Å². The van der Waals surface area contributed by atoms with Crippen LogP contribution in [0.25, 0.3) is 0 Å². The van der Waals surface area contributed by atoms with Crippen molar-refractivity contribution in [1.82, 2.24) is 0 Å². The first-order valence-electron chi connectivity index (χ1n) is 2.89. The fourth-order valence-corrected chi connectivity index (χ4v) is 0.434. The van der Waals surface area contributed by atoms with Crippen LogP contribution in [0.3, 0.4) is 0 Å². The number of rotatable bonds is 2. The van der Waals surface area contributed by atoms with Crippen molar-refractivity contribution >= 4 is 5.97 Å². The Morgan fingerprint density at radius 3 is 1.53 bits per heavy atom. The van der Waals surface area contributed by atoms with E-state index < -0.39 is 24.0 Å². The predicted molar refractivity (Wildman–Crippen MR) is 31.6 cm³/mol. The molecule has 0 radical (unpaired) electrons. The molecule has 0 aliphatic heterocycles. The average molecular weight is 246 g/mol. The quantitative estimate of drug-likeness (QED) is 0.542. The van der Waals surface area contributed by atoms with E-state index in [1.807, 2.05) is 0 Å². The van der Waals surface area contributed by atoms with Crippen LogP contribution in [0.15, 0.2) is 0 Å². The molecule has 0 saturated heterocycles. The molecule has 0 aromatic rings. The molecule has 15 heavy (non-hydrogen) atoms. The molecule has 0 spiro atoms. The first-order chi connectivity index (χ1) is 5.98. The van der Waals surface area contributed by atoms with Gasteiger partial charge in [-0.15, -0.1) is 0 Å². The lowest BCUT2D eigenvalue weighted by atomic mass is 10.1. The zero-order chi connectivity index (χ0) is 11.8. The normalized spacial score (nSPS) is 13.1. The van der Waals surface area contributed by atoms with E-state index in [0.29, 0.717) is 0 Å². The largest absolute Gasteiger partial charge is 0.464 e. The van der Waals surface area contributed by atoms with Crippen molar-refractivity contribution in [3.63, 3.8) is 0 Å². The van der Waals surface area contributed by atoms with Crippen LogP contribution in [-0.4, -0.2) is 36.6 Å². The molecular weight excluding hydrogens is 241 g/mol. The van der Waals surface area contributed by atoms with Crippen LogP contribution in [-0.2, 0) is 9.53 Å². The zero-order valence-corrected chi connectivity index (χ0v) is 6.96. The van der Waals surface area contributed by atoms with Crippen molar-refractivity contribution in [3.8, 4) is 0 Å². The minimum atomic E-state index is -6.52. The number of carbonyl (C=O) groups excluding carboxylic acids is 1. The summed E-state index contributed by atoms with van der Waals surface area (Å²) in [5.41, 5.74) is 0. The number of hydrogen-bond donors (Lipinski definition) is 0. The lowest BCUT2D eigenvalue weighted by Gasteiger charge is -2.25. The fourth-order valence-electron chi connectivity index (χ4n) is 0.434. The van der Waals surface area contributed by atoms with Crippen LogP contribution in [0.5, 0.6) is 0 Å². The summed E-state index contributed by atoms with van der Waals surface area (Å²) in [5, 5.41) is 0. The molecule has 0 aromatic carbocycles. The summed E-state index contributed by atoms with van der Waals surface area (Å²) in [6.45, 7) is 0. The Morgan fingerprint density at radius 1 is 1.00 bits per heavy atom. The van der Waals surface area contributed by atoms with Gasteiger partial charge in [0, 0.05) is 0 Å². The number of alkyl halides is 7. The Hall–Kier alpha value is -1.06. The van der Waals surface area contributed by atoms with Gasteiger partial charge in [0.15, 0.2) is 0 Å². The Balaban J connectivity index is 0. The third kappa shape index (κ3) is 2.49. The van der Waals surface area contributed by atoms with Gasteiger partial charge < -0.3 is 10.2 Å². The van der Waals surface area contributed by atoms with E-state index in [9.17, 15) is 35.5 Å². The molecule has 0 aliphatic rings. The molecule has 3 nitrogen and oxygen atoms in total. The molecule has 92 valence electrons. The highest BCUT2D eigenvalue weighted by Gasteiger charge is 2.77. The van der Waals surface area contributed by atoms with Crippen LogP contribution in [0, 0.1) is 0 Å². The molecule has 2 N–H and O–H groups in total. The molecular formula is C5H5F7O3. The SMILES string of the molecule is COC(=O)C(F)(F)C(F)(F)C(F)(F)F.O. The maximum absolute atomic E-state index is 12.1. The Morgan fingerprint density at radius 2 is 1.33 bits per heavy atom. The van der Waals surface area contributed by atoms with Gasteiger partial charge in [-0.25, -0.2) is 4.79 Å². The van der Waals surface area contributed by atoms with Crippen molar-refractivity contribution in [1.29, 1.82) is 0 Å². The van der Waals surface area contributed by atoms with Crippen LogP contribution in [0.4, 0.5) is 30.7 Å². The highest BCUT2D eigenvalue weighted by molar-refractivity contribution is 5.79. The molecule has 10 heteroatoms. The second-order valence-electron chi connectivity index (χ2n) is 2.14. The summed E-state index contributed by atoms with van der Waals surface area (Å²) >= 11 is 0. The van der Waals surface area contributed by atoms with E-state index in [4.69, 9.17) is 0 Å². The van der Waals surface area contributed by atoms with Crippen molar-refractivity contribution in [2.75, 3.05) is 7.11 Å². The molecule has 0 unspecified atom stereocenters. The molecule has 0 bridgehead atoms. The molecule has 0 amide bonds. The van der Waals surface area contributed by atoms with Gasteiger partial charge in [0.1, 0.15) is 0 Å². The van der Waals surface area contributed by atoms with Gasteiger partial charge in [-0.2, -0.15) is 30.7 Å². The van der Waals surface area contributed by atoms with E-state index in [0.717, 1.165) is 0 Å². The number of esters is 1. The topological polar surface area (TPSA) is 57.8 Å². The predicted octanol–water partition coefficient (Wildman–Crippen LogP) is 1.17. The number of hydrogen-bond acceptors (Lipinski definition) is 2. The first kappa shape index (κ1) is 16.4. The first-order valence-corrected chi connectivity index (χ1v) is 2.89. The lowest BCUT2D eigenvalue weighted by molar-refractivity contribution is -0.348. The standard InChI is InChI=1S/C5H3F7O2.H2O/c1-14-2(13)3(6,7)4(8,9)5(10,11)12;/h1H3;1H2. The van der Waals surface area contributed by atoms with Gasteiger partial charge >= 0.3 is 24.0 Å². The minimum Gasteiger partial charge on any atom is -0.464 e. The van der Waals surface area contributed by atoms with Crippen molar-refractivity contribution < 1.29 is 45.7 Å². The Kier molecular flexibility index (Phi) is 4.59. The average Bonchev–Trinajstić information content (AvgIpc) is 2.00. The fraction of sp³-hybridized carbons (Fsp3) is 0.800. The monoisotopic (exact) mass is 246 g/mol. The second kappa shape index (κ2) is 4.21. The van der Waals surface area contributed by atoms with E-state index in [2.05, 4.69) is 4.74 Å². The molecule has 0 rings (SSSR count). The molecule has 0 fully saturated rings. The smallest absolute Gasteiger partial charge is 0.460 e.